The molecule has 1 atom stereocenters. The van der Waals surface area contributed by atoms with Crippen molar-refractivity contribution in [3.63, 3.8) is 0 Å². The maximum atomic E-state index is 12.4. The number of rotatable bonds is 6. The number of esters is 1. The van der Waals surface area contributed by atoms with Gasteiger partial charge in [-0.05, 0) is 43.2 Å². The van der Waals surface area contributed by atoms with E-state index < -0.39 is 12.1 Å². The summed E-state index contributed by atoms with van der Waals surface area (Å²) in [5.74, 6) is -1.02. The van der Waals surface area contributed by atoms with Gasteiger partial charge in [0.1, 0.15) is 0 Å². The maximum absolute atomic E-state index is 12.4. The summed E-state index contributed by atoms with van der Waals surface area (Å²) in [6.07, 6.45) is 0.0167. The molecule has 0 aliphatic rings. The van der Waals surface area contributed by atoms with Crippen molar-refractivity contribution in [1.82, 2.24) is 0 Å². The highest BCUT2D eigenvalue weighted by Crippen LogP contribution is 2.14. The number of ketones is 1. The molecule has 0 radical (unpaired) electrons. The van der Waals surface area contributed by atoms with Gasteiger partial charge in [-0.25, -0.2) is 4.79 Å². The van der Waals surface area contributed by atoms with Gasteiger partial charge in [-0.15, -0.1) is 0 Å². The van der Waals surface area contributed by atoms with E-state index in [1.165, 1.54) is 6.92 Å². The van der Waals surface area contributed by atoms with E-state index >= 15 is 0 Å². The molecule has 0 unspecified atom stereocenters. The molecular formula is C20H21NO4. The number of hydrogen-bond donors (Lipinski definition) is 1. The second kappa shape index (κ2) is 8.24. The smallest absolute Gasteiger partial charge is 0.338 e. The molecule has 0 heterocycles. The zero-order chi connectivity index (χ0) is 18.4. The van der Waals surface area contributed by atoms with Crippen LogP contribution in [0.2, 0.25) is 0 Å². The number of ether oxygens (including phenoxy) is 1. The molecule has 2 aromatic carbocycles. The predicted molar refractivity (Wildman–Crippen MR) is 95.8 cm³/mol. The van der Waals surface area contributed by atoms with Crippen LogP contribution in [-0.2, 0) is 16.0 Å². The first-order valence-corrected chi connectivity index (χ1v) is 8.12. The number of benzene rings is 2. The fourth-order valence-corrected chi connectivity index (χ4v) is 2.31. The van der Waals surface area contributed by atoms with Gasteiger partial charge in [0.15, 0.2) is 6.10 Å². The molecule has 0 bridgehead atoms. The second-order valence-corrected chi connectivity index (χ2v) is 5.72. The molecule has 1 N–H and O–H groups in total. The maximum Gasteiger partial charge on any atom is 0.338 e. The third kappa shape index (κ3) is 5.01. The Morgan fingerprint density at radius 3 is 2.04 bits per heavy atom. The van der Waals surface area contributed by atoms with Crippen LogP contribution < -0.4 is 5.32 Å². The zero-order valence-electron chi connectivity index (χ0n) is 14.5. The van der Waals surface area contributed by atoms with Crippen LogP contribution in [-0.4, -0.2) is 23.8 Å². The normalized spacial score (nSPS) is 11.5. The van der Waals surface area contributed by atoms with Gasteiger partial charge in [-0.2, -0.15) is 0 Å². The molecular weight excluding hydrogens is 318 g/mol. The fraction of sp³-hybridized carbons (Fsp3) is 0.250. The molecule has 0 aromatic heterocycles. The van der Waals surface area contributed by atoms with Crippen molar-refractivity contribution in [2.24, 2.45) is 0 Å². The zero-order valence-corrected chi connectivity index (χ0v) is 14.5. The van der Waals surface area contributed by atoms with Gasteiger partial charge < -0.3 is 10.1 Å². The lowest BCUT2D eigenvalue weighted by Gasteiger charge is -2.13. The Balaban J connectivity index is 2.00. The molecule has 2 rings (SSSR count). The van der Waals surface area contributed by atoms with Crippen molar-refractivity contribution >= 4 is 23.3 Å². The van der Waals surface area contributed by atoms with E-state index in [0.717, 1.165) is 12.0 Å². The summed E-state index contributed by atoms with van der Waals surface area (Å²) < 4.78 is 5.25. The third-order valence-corrected chi connectivity index (χ3v) is 3.74. The SMILES string of the molecule is CCc1ccc(C(=O)[C@H](C)OC(=O)c2ccc(NC(C)=O)cc2)cc1. The molecule has 25 heavy (non-hydrogen) atoms. The van der Waals surface area contributed by atoms with Crippen LogP contribution in [0.5, 0.6) is 0 Å². The highest BCUT2D eigenvalue weighted by molar-refractivity contribution is 6.01. The molecule has 130 valence electrons. The monoisotopic (exact) mass is 339 g/mol. The second-order valence-electron chi connectivity index (χ2n) is 5.72. The highest BCUT2D eigenvalue weighted by Gasteiger charge is 2.20. The third-order valence-electron chi connectivity index (χ3n) is 3.74. The van der Waals surface area contributed by atoms with Gasteiger partial charge in [-0.3, -0.25) is 9.59 Å². The minimum atomic E-state index is -0.880. The molecule has 0 aliphatic carbocycles. The first kappa shape index (κ1) is 18.4. The first-order valence-electron chi connectivity index (χ1n) is 8.12. The van der Waals surface area contributed by atoms with Crippen LogP contribution in [0.3, 0.4) is 0 Å². The van der Waals surface area contributed by atoms with E-state index in [2.05, 4.69) is 5.32 Å². The average molecular weight is 339 g/mol. The van der Waals surface area contributed by atoms with Crippen molar-refractivity contribution in [3.8, 4) is 0 Å². The Morgan fingerprint density at radius 1 is 0.960 bits per heavy atom. The molecule has 0 saturated carbocycles. The topological polar surface area (TPSA) is 72.5 Å². The van der Waals surface area contributed by atoms with E-state index in [4.69, 9.17) is 4.74 Å². The minimum absolute atomic E-state index is 0.191. The standard InChI is InChI=1S/C20H21NO4/c1-4-15-5-7-16(8-6-15)19(23)13(2)25-20(24)17-9-11-18(12-10-17)21-14(3)22/h5-13H,4H2,1-3H3,(H,21,22)/t13-/m0/s1. The first-order chi connectivity index (χ1) is 11.9. The summed E-state index contributed by atoms with van der Waals surface area (Å²) in [4.78, 5) is 35.5. The van der Waals surface area contributed by atoms with E-state index in [1.807, 2.05) is 19.1 Å². The Morgan fingerprint density at radius 2 is 1.52 bits per heavy atom. The molecule has 0 spiro atoms. The Labute approximate surface area is 147 Å². The quantitative estimate of drug-likeness (QED) is 0.644. The molecule has 5 nitrogen and oxygen atoms in total. The summed E-state index contributed by atoms with van der Waals surface area (Å²) in [5.41, 5.74) is 2.55. The number of amides is 1. The Bertz CT molecular complexity index is 763. The van der Waals surface area contributed by atoms with E-state index in [1.54, 1.807) is 43.3 Å². The summed E-state index contributed by atoms with van der Waals surface area (Å²) >= 11 is 0. The number of nitrogens with one attached hydrogen (secondary N) is 1. The average Bonchev–Trinajstić information content (AvgIpc) is 2.61. The lowest BCUT2D eigenvalue weighted by Crippen LogP contribution is -2.24. The summed E-state index contributed by atoms with van der Waals surface area (Å²) in [6.45, 7) is 5.00. The Hall–Kier alpha value is -2.95. The molecule has 2 aromatic rings. The molecule has 1 amide bonds. The number of aryl methyl sites for hydroxylation is 1. The number of hydrogen-bond acceptors (Lipinski definition) is 4. The van der Waals surface area contributed by atoms with Crippen LogP contribution in [0.15, 0.2) is 48.5 Å². The lowest BCUT2D eigenvalue weighted by atomic mass is 10.0. The largest absolute Gasteiger partial charge is 0.451 e. The minimum Gasteiger partial charge on any atom is -0.451 e. The Kier molecular flexibility index (Phi) is 6.06. The van der Waals surface area contributed by atoms with Crippen molar-refractivity contribution < 1.29 is 19.1 Å². The summed E-state index contributed by atoms with van der Waals surface area (Å²) in [6, 6.07) is 13.6. The molecule has 0 fully saturated rings. The fourth-order valence-electron chi connectivity index (χ4n) is 2.31. The molecule has 5 heteroatoms. The predicted octanol–water partition coefficient (Wildman–Crippen LogP) is 3.64. The van der Waals surface area contributed by atoms with Crippen LogP contribution in [0.25, 0.3) is 0 Å². The van der Waals surface area contributed by atoms with Crippen molar-refractivity contribution in [2.75, 3.05) is 5.32 Å². The van der Waals surface area contributed by atoms with Crippen LogP contribution in [0.4, 0.5) is 5.69 Å². The van der Waals surface area contributed by atoms with Gasteiger partial charge in [0.2, 0.25) is 11.7 Å². The van der Waals surface area contributed by atoms with Gasteiger partial charge in [0, 0.05) is 18.2 Å². The van der Waals surface area contributed by atoms with Gasteiger partial charge in [-0.1, -0.05) is 31.2 Å². The summed E-state index contributed by atoms with van der Waals surface area (Å²) in [7, 11) is 0. The molecule has 0 saturated heterocycles. The van der Waals surface area contributed by atoms with Crippen molar-refractivity contribution in [3.05, 3.63) is 65.2 Å². The van der Waals surface area contributed by atoms with Gasteiger partial charge in [0.05, 0.1) is 5.56 Å². The van der Waals surface area contributed by atoms with Crippen molar-refractivity contribution in [1.29, 1.82) is 0 Å². The van der Waals surface area contributed by atoms with Crippen LogP contribution >= 0.6 is 0 Å². The van der Waals surface area contributed by atoms with E-state index in [9.17, 15) is 14.4 Å². The van der Waals surface area contributed by atoms with Crippen LogP contribution in [0.1, 0.15) is 47.1 Å². The summed E-state index contributed by atoms with van der Waals surface area (Å²) in [5, 5.41) is 2.62. The number of carbonyl (C=O) groups is 3. The highest BCUT2D eigenvalue weighted by atomic mass is 16.5. The number of anilines is 1. The lowest BCUT2D eigenvalue weighted by molar-refractivity contribution is -0.114. The van der Waals surface area contributed by atoms with E-state index in [0.29, 0.717) is 16.8 Å². The number of Topliss-reactive ketones (excluding diaryl/α,β-unsaturated/α-hetero) is 1. The van der Waals surface area contributed by atoms with E-state index in [-0.39, 0.29) is 11.7 Å². The number of carbonyl (C=O) groups excluding carboxylic acids is 3. The molecule has 0 aliphatic heterocycles. The van der Waals surface area contributed by atoms with Crippen LogP contribution in [0, 0.1) is 0 Å². The van der Waals surface area contributed by atoms with Crippen molar-refractivity contribution in [2.45, 2.75) is 33.3 Å². The van der Waals surface area contributed by atoms with Gasteiger partial charge >= 0.3 is 5.97 Å². The van der Waals surface area contributed by atoms with Gasteiger partial charge in [0.25, 0.3) is 0 Å².